The van der Waals surface area contributed by atoms with Crippen LogP contribution in [0.25, 0.3) is 0 Å². The van der Waals surface area contributed by atoms with E-state index in [4.69, 9.17) is 16.3 Å². The quantitative estimate of drug-likeness (QED) is 0.781. The molecule has 0 amide bonds. The summed E-state index contributed by atoms with van der Waals surface area (Å²) in [6, 6.07) is 1.77. The molecule has 0 aliphatic heterocycles. The molecule has 0 aliphatic carbocycles. The monoisotopic (exact) mass is 292 g/mol. The molecule has 1 heterocycles. The van der Waals surface area contributed by atoms with E-state index < -0.39 is 0 Å². The van der Waals surface area contributed by atoms with Gasteiger partial charge in [0, 0.05) is 17.2 Å². The highest BCUT2D eigenvalue weighted by atomic mass is 79.9. The summed E-state index contributed by atoms with van der Waals surface area (Å²) in [6.45, 7) is 1.63. The van der Waals surface area contributed by atoms with Crippen molar-refractivity contribution in [3.05, 3.63) is 21.8 Å². The van der Waals surface area contributed by atoms with E-state index in [0.717, 1.165) is 17.4 Å². The third-order valence-corrected chi connectivity index (χ3v) is 2.47. The summed E-state index contributed by atoms with van der Waals surface area (Å²) in [7, 11) is 4.07. The van der Waals surface area contributed by atoms with Crippen molar-refractivity contribution >= 4 is 27.5 Å². The van der Waals surface area contributed by atoms with Crippen molar-refractivity contribution in [2.24, 2.45) is 0 Å². The minimum Gasteiger partial charge on any atom is -0.477 e. The van der Waals surface area contributed by atoms with Crippen molar-refractivity contribution in [2.75, 3.05) is 27.2 Å². The molecule has 0 bridgehead atoms. The van der Waals surface area contributed by atoms with E-state index in [0.29, 0.717) is 17.5 Å². The topological polar surface area (TPSA) is 25.4 Å². The summed E-state index contributed by atoms with van der Waals surface area (Å²) in [5.74, 6) is 0.499. The second-order valence-electron chi connectivity index (χ2n) is 3.45. The molecule has 0 spiro atoms. The van der Waals surface area contributed by atoms with Crippen molar-refractivity contribution in [3.63, 3.8) is 0 Å². The van der Waals surface area contributed by atoms with Crippen LogP contribution in [0.1, 0.15) is 6.42 Å². The Labute approximate surface area is 104 Å². The van der Waals surface area contributed by atoms with E-state index in [1.54, 1.807) is 12.3 Å². The van der Waals surface area contributed by atoms with Crippen LogP contribution < -0.4 is 4.74 Å². The minimum absolute atomic E-state index is 0.499. The van der Waals surface area contributed by atoms with Crippen LogP contribution in [0.2, 0.25) is 5.02 Å². The first kappa shape index (κ1) is 12.7. The Morgan fingerprint density at radius 1 is 1.53 bits per heavy atom. The summed E-state index contributed by atoms with van der Waals surface area (Å²) in [6.07, 6.45) is 2.63. The molecule has 0 aliphatic rings. The Morgan fingerprint density at radius 2 is 2.27 bits per heavy atom. The van der Waals surface area contributed by atoms with Gasteiger partial charge in [-0.25, -0.2) is 4.98 Å². The van der Waals surface area contributed by atoms with Crippen molar-refractivity contribution in [2.45, 2.75) is 6.42 Å². The van der Waals surface area contributed by atoms with Gasteiger partial charge in [0.2, 0.25) is 5.88 Å². The van der Waals surface area contributed by atoms with Gasteiger partial charge in [0.05, 0.1) is 6.61 Å². The van der Waals surface area contributed by atoms with Crippen molar-refractivity contribution in [3.8, 4) is 5.88 Å². The van der Waals surface area contributed by atoms with E-state index in [1.807, 2.05) is 14.1 Å². The summed E-state index contributed by atoms with van der Waals surface area (Å²) < 4.78 is 6.31. The fourth-order valence-corrected chi connectivity index (χ4v) is 1.74. The van der Waals surface area contributed by atoms with Gasteiger partial charge in [-0.15, -0.1) is 0 Å². The number of rotatable bonds is 5. The Hall–Kier alpha value is -0.320. The molecule has 1 rings (SSSR count). The molecule has 84 valence electrons. The average molecular weight is 294 g/mol. The molecule has 1 aromatic rings. The van der Waals surface area contributed by atoms with Crippen LogP contribution in [0, 0.1) is 0 Å². The van der Waals surface area contributed by atoms with E-state index in [1.165, 1.54) is 0 Å². The third-order valence-electron chi connectivity index (χ3n) is 1.76. The van der Waals surface area contributed by atoms with E-state index in [2.05, 4.69) is 25.8 Å². The lowest BCUT2D eigenvalue weighted by Crippen LogP contribution is -2.15. The molecular formula is C10H14BrClN2O. The lowest BCUT2D eigenvalue weighted by molar-refractivity contribution is 0.273. The van der Waals surface area contributed by atoms with Gasteiger partial charge >= 0.3 is 0 Å². The number of aromatic nitrogens is 1. The standard InChI is InChI=1S/C10H14BrClN2O/c1-14(2)4-3-5-15-10-9(12)6-8(11)7-13-10/h6-7H,3-5H2,1-2H3. The molecule has 0 aromatic carbocycles. The maximum atomic E-state index is 5.94. The van der Waals surface area contributed by atoms with Gasteiger partial charge < -0.3 is 9.64 Å². The van der Waals surface area contributed by atoms with Crippen molar-refractivity contribution < 1.29 is 4.74 Å². The summed E-state index contributed by atoms with van der Waals surface area (Å²) in [5, 5.41) is 0.536. The number of nitrogens with zero attached hydrogens (tertiary/aromatic N) is 2. The number of ether oxygens (including phenoxy) is 1. The van der Waals surface area contributed by atoms with E-state index in [-0.39, 0.29) is 0 Å². The van der Waals surface area contributed by atoms with Crippen LogP contribution in [0.15, 0.2) is 16.7 Å². The van der Waals surface area contributed by atoms with Gasteiger partial charge in [0.15, 0.2) is 0 Å². The van der Waals surface area contributed by atoms with Gasteiger partial charge in [-0.3, -0.25) is 0 Å². The zero-order valence-corrected chi connectivity index (χ0v) is 11.2. The molecule has 0 saturated heterocycles. The molecule has 0 radical (unpaired) electrons. The number of halogens is 2. The Balaban J connectivity index is 2.37. The number of hydrogen-bond acceptors (Lipinski definition) is 3. The normalized spacial score (nSPS) is 10.7. The highest BCUT2D eigenvalue weighted by Crippen LogP contribution is 2.24. The van der Waals surface area contributed by atoms with Crippen LogP contribution in [0.4, 0.5) is 0 Å². The fourth-order valence-electron chi connectivity index (χ4n) is 1.06. The first-order valence-corrected chi connectivity index (χ1v) is 5.85. The molecular weight excluding hydrogens is 279 g/mol. The Kier molecular flexibility index (Phi) is 5.36. The van der Waals surface area contributed by atoms with Gasteiger partial charge in [0.25, 0.3) is 0 Å². The van der Waals surface area contributed by atoms with Gasteiger partial charge in [0.1, 0.15) is 5.02 Å². The third kappa shape index (κ3) is 4.82. The lowest BCUT2D eigenvalue weighted by atomic mass is 10.4. The van der Waals surface area contributed by atoms with E-state index >= 15 is 0 Å². The molecule has 0 fully saturated rings. The molecule has 0 unspecified atom stereocenters. The SMILES string of the molecule is CN(C)CCCOc1ncc(Br)cc1Cl. The minimum atomic E-state index is 0.499. The van der Waals surface area contributed by atoms with Crippen LogP contribution in [0.5, 0.6) is 5.88 Å². The molecule has 0 atom stereocenters. The first-order valence-electron chi connectivity index (χ1n) is 4.68. The summed E-state index contributed by atoms with van der Waals surface area (Å²) in [4.78, 5) is 6.19. The second kappa shape index (κ2) is 6.30. The van der Waals surface area contributed by atoms with Gasteiger partial charge in [-0.2, -0.15) is 0 Å². The number of pyridine rings is 1. The lowest BCUT2D eigenvalue weighted by Gasteiger charge is -2.10. The largest absolute Gasteiger partial charge is 0.477 e. The van der Waals surface area contributed by atoms with Crippen LogP contribution in [-0.2, 0) is 0 Å². The average Bonchev–Trinajstić information content (AvgIpc) is 2.14. The predicted molar refractivity (Wildman–Crippen MR) is 65.6 cm³/mol. The second-order valence-corrected chi connectivity index (χ2v) is 4.77. The number of hydrogen-bond donors (Lipinski definition) is 0. The van der Waals surface area contributed by atoms with Crippen LogP contribution in [-0.4, -0.2) is 37.1 Å². The Bertz CT molecular complexity index is 320. The van der Waals surface area contributed by atoms with Crippen LogP contribution >= 0.6 is 27.5 Å². The maximum absolute atomic E-state index is 5.94. The molecule has 15 heavy (non-hydrogen) atoms. The summed E-state index contributed by atoms with van der Waals surface area (Å²) >= 11 is 9.23. The van der Waals surface area contributed by atoms with E-state index in [9.17, 15) is 0 Å². The van der Waals surface area contributed by atoms with Crippen LogP contribution in [0.3, 0.4) is 0 Å². The molecule has 3 nitrogen and oxygen atoms in total. The highest BCUT2D eigenvalue weighted by Gasteiger charge is 2.03. The summed E-state index contributed by atoms with van der Waals surface area (Å²) in [5.41, 5.74) is 0. The predicted octanol–water partition coefficient (Wildman–Crippen LogP) is 2.83. The highest BCUT2D eigenvalue weighted by molar-refractivity contribution is 9.10. The van der Waals surface area contributed by atoms with Crippen molar-refractivity contribution in [1.82, 2.24) is 9.88 Å². The fraction of sp³-hybridized carbons (Fsp3) is 0.500. The molecule has 0 N–H and O–H groups in total. The van der Waals surface area contributed by atoms with Gasteiger partial charge in [-0.05, 0) is 42.5 Å². The van der Waals surface area contributed by atoms with Gasteiger partial charge in [-0.1, -0.05) is 11.6 Å². The molecule has 5 heteroatoms. The van der Waals surface area contributed by atoms with Crippen molar-refractivity contribution in [1.29, 1.82) is 0 Å². The Morgan fingerprint density at radius 3 is 2.87 bits per heavy atom. The zero-order valence-electron chi connectivity index (χ0n) is 8.83. The zero-order chi connectivity index (χ0) is 11.3. The molecule has 0 saturated carbocycles. The maximum Gasteiger partial charge on any atom is 0.232 e. The molecule has 1 aromatic heterocycles. The smallest absolute Gasteiger partial charge is 0.232 e. The first-order chi connectivity index (χ1) is 7.09.